The molecule has 5 nitrogen and oxygen atoms in total. The van der Waals surface area contributed by atoms with Crippen molar-refractivity contribution in [1.29, 1.82) is 0 Å². The lowest BCUT2D eigenvalue weighted by Crippen LogP contribution is -2.44. The largest absolute Gasteiger partial charge is 0.353 e. The SMILES string of the molecule is Cc1cc(F)ccc1S(=O)(=O)N1CCC(C(=O)NC2CCCC2)CC1. The zero-order valence-corrected chi connectivity index (χ0v) is 15.3. The van der Waals surface area contributed by atoms with Crippen molar-refractivity contribution >= 4 is 15.9 Å². The highest BCUT2D eigenvalue weighted by Gasteiger charge is 2.33. The third-order valence-corrected chi connectivity index (χ3v) is 7.34. The van der Waals surface area contributed by atoms with Crippen LogP contribution in [0.3, 0.4) is 0 Å². The third kappa shape index (κ3) is 4.03. The number of hydrogen-bond acceptors (Lipinski definition) is 3. The average molecular weight is 368 g/mol. The van der Waals surface area contributed by atoms with Crippen molar-refractivity contribution in [3.63, 3.8) is 0 Å². The molecule has 0 atom stereocenters. The minimum Gasteiger partial charge on any atom is -0.353 e. The van der Waals surface area contributed by atoms with Crippen molar-refractivity contribution in [2.24, 2.45) is 5.92 Å². The van der Waals surface area contributed by atoms with Crippen LogP contribution in [0.2, 0.25) is 0 Å². The molecule has 1 heterocycles. The molecule has 1 aliphatic carbocycles. The van der Waals surface area contributed by atoms with Gasteiger partial charge in [-0.25, -0.2) is 12.8 Å². The monoisotopic (exact) mass is 368 g/mol. The normalized spacial score (nSPS) is 20.7. The Morgan fingerprint density at radius 3 is 2.40 bits per heavy atom. The van der Waals surface area contributed by atoms with E-state index < -0.39 is 15.8 Å². The minimum absolute atomic E-state index is 0.0573. The maximum Gasteiger partial charge on any atom is 0.243 e. The van der Waals surface area contributed by atoms with Crippen LogP contribution in [-0.4, -0.2) is 37.8 Å². The molecule has 7 heteroatoms. The zero-order valence-electron chi connectivity index (χ0n) is 14.5. The van der Waals surface area contributed by atoms with Crippen molar-refractivity contribution in [2.45, 2.75) is 56.4 Å². The Hall–Kier alpha value is -1.47. The molecule has 0 bridgehead atoms. The number of amides is 1. The van der Waals surface area contributed by atoms with Gasteiger partial charge in [-0.15, -0.1) is 0 Å². The zero-order chi connectivity index (χ0) is 18.0. The third-order valence-electron chi connectivity index (χ3n) is 5.28. The smallest absolute Gasteiger partial charge is 0.243 e. The van der Waals surface area contributed by atoms with Gasteiger partial charge in [0.25, 0.3) is 0 Å². The number of sulfonamides is 1. The van der Waals surface area contributed by atoms with Gasteiger partial charge < -0.3 is 5.32 Å². The summed E-state index contributed by atoms with van der Waals surface area (Å²) in [5.74, 6) is -0.512. The summed E-state index contributed by atoms with van der Waals surface area (Å²) in [5, 5.41) is 3.10. The van der Waals surface area contributed by atoms with E-state index in [1.165, 1.54) is 35.3 Å². The molecule has 1 aromatic carbocycles. The van der Waals surface area contributed by atoms with Crippen molar-refractivity contribution in [3.05, 3.63) is 29.6 Å². The maximum absolute atomic E-state index is 13.2. The topological polar surface area (TPSA) is 66.5 Å². The van der Waals surface area contributed by atoms with E-state index in [1.807, 2.05) is 0 Å². The second kappa shape index (κ2) is 7.41. The molecule has 25 heavy (non-hydrogen) atoms. The fraction of sp³-hybridized carbons (Fsp3) is 0.611. The molecule has 1 saturated carbocycles. The first-order chi connectivity index (χ1) is 11.9. The van der Waals surface area contributed by atoms with Gasteiger partial charge in [-0.1, -0.05) is 12.8 Å². The summed E-state index contributed by atoms with van der Waals surface area (Å²) < 4.78 is 40.2. The van der Waals surface area contributed by atoms with Crippen LogP contribution in [0.1, 0.15) is 44.1 Å². The highest BCUT2D eigenvalue weighted by Crippen LogP contribution is 2.27. The van der Waals surface area contributed by atoms with Crippen molar-refractivity contribution in [2.75, 3.05) is 13.1 Å². The van der Waals surface area contributed by atoms with E-state index in [2.05, 4.69) is 5.32 Å². The summed E-state index contributed by atoms with van der Waals surface area (Å²) >= 11 is 0. The average Bonchev–Trinajstić information content (AvgIpc) is 3.07. The molecular weight excluding hydrogens is 343 g/mol. The maximum atomic E-state index is 13.2. The second-order valence-electron chi connectivity index (χ2n) is 7.08. The Balaban J connectivity index is 1.62. The van der Waals surface area contributed by atoms with E-state index in [0.717, 1.165) is 12.8 Å². The summed E-state index contributed by atoms with van der Waals surface area (Å²) in [6.07, 6.45) is 5.47. The standard InChI is InChI=1S/C18H25FN2O3S/c1-13-12-15(19)6-7-17(13)25(23,24)21-10-8-14(9-11-21)18(22)20-16-4-2-3-5-16/h6-7,12,14,16H,2-5,8-11H2,1H3,(H,20,22). The summed E-state index contributed by atoms with van der Waals surface area (Å²) in [7, 11) is -3.65. The molecule has 1 aliphatic heterocycles. The Morgan fingerprint density at radius 1 is 1.16 bits per heavy atom. The van der Waals surface area contributed by atoms with Gasteiger partial charge in [-0.05, 0) is 56.4 Å². The predicted octanol–water partition coefficient (Wildman–Crippen LogP) is 2.59. The lowest BCUT2D eigenvalue weighted by Gasteiger charge is -2.31. The lowest BCUT2D eigenvalue weighted by atomic mass is 9.97. The highest BCUT2D eigenvalue weighted by atomic mass is 32.2. The molecule has 1 aromatic rings. The highest BCUT2D eigenvalue weighted by molar-refractivity contribution is 7.89. The van der Waals surface area contributed by atoms with Crippen LogP contribution in [0.25, 0.3) is 0 Å². The number of nitrogens with zero attached hydrogens (tertiary/aromatic N) is 1. The molecule has 1 saturated heterocycles. The summed E-state index contributed by atoms with van der Waals surface area (Å²) in [6, 6.07) is 4.01. The molecular formula is C18H25FN2O3S. The van der Waals surface area contributed by atoms with Crippen LogP contribution in [-0.2, 0) is 14.8 Å². The van der Waals surface area contributed by atoms with Gasteiger partial charge in [-0.2, -0.15) is 4.31 Å². The van der Waals surface area contributed by atoms with Gasteiger partial charge in [0, 0.05) is 25.0 Å². The number of halogens is 1. The predicted molar refractivity (Wildman–Crippen MR) is 93.0 cm³/mol. The summed E-state index contributed by atoms with van der Waals surface area (Å²) in [5.41, 5.74) is 0.404. The van der Waals surface area contributed by atoms with Crippen LogP contribution in [0.15, 0.2) is 23.1 Å². The van der Waals surface area contributed by atoms with Gasteiger partial charge in [0.2, 0.25) is 15.9 Å². The number of rotatable bonds is 4. The summed E-state index contributed by atoms with van der Waals surface area (Å²) in [4.78, 5) is 12.5. The van der Waals surface area contributed by atoms with E-state index in [-0.39, 0.29) is 22.8 Å². The van der Waals surface area contributed by atoms with Crippen molar-refractivity contribution in [3.8, 4) is 0 Å². The van der Waals surface area contributed by atoms with Crippen molar-refractivity contribution < 1.29 is 17.6 Å². The van der Waals surface area contributed by atoms with Crippen LogP contribution in [0.5, 0.6) is 0 Å². The quantitative estimate of drug-likeness (QED) is 0.888. The molecule has 1 amide bonds. The molecule has 0 aromatic heterocycles. The molecule has 0 spiro atoms. The number of benzene rings is 1. The van der Waals surface area contributed by atoms with Crippen LogP contribution in [0.4, 0.5) is 4.39 Å². The van der Waals surface area contributed by atoms with Gasteiger partial charge >= 0.3 is 0 Å². The van der Waals surface area contributed by atoms with Crippen LogP contribution in [0, 0.1) is 18.7 Å². The van der Waals surface area contributed by atoms with E-state index >= 15 is 0 Å². The fourth-order valence-electron chi connectivity index (χ4n) is 3.79. The number of nitrogens with one attached hydrogen (secondary N) is 1. The second-order valence-corrected chi connectivity index (χ2v) is 8.98. The van der Waals surface area contributed by atoms with E-state index in [9.17, 15) is 17.6 Å². The number of aryl methyl sites for hydroxylation is 1. The molecule has 0 radical (unpaired) electrons. The van der Waals surface area contributed by atoms with Crippen molar-refractivity contribution in [1.82, 2.24) is 9.62 Å². The van der Waals surface area contributed by atoms with Gasteiger partial charge in [-0.3, -0.25) is 4.79 Å². The number of carbonyl (C=O) groups is 1. The van der Waals surface area contributed by atoms with Gasteiger partial charge in [0.15, 0.2) is 0 Å². The van der Waals surface area contributed by atoms with E-state index in [4.69, 9.17) is 0 Å². The molecule has 1 N–H and O–H groups in total. The minimum atomic E-state index is -3.65. The lowest BCUT2D eigenvalue weighted by molar-refractivity contribution is -0.126. The number of piperidine rings is 1. The molecule has 2 fully saturated rings. The Kier molecular flexibility index (Phi) is 5.43. The first-order valence-electron chi connectivity index (χ1n) is 8.94. The first-order valence-corrected chi connectivity index (χ1v) is 10.4. The molecule has 2 aliphatic rings. The van der Waals surface area contributed by atoms with E-state index in [1.54, 1.807) is 6.92 Å². The van der Waals surface area contributed by atoms with Gasteiger partial charge in [0.1, 0.15) is 5.82 Å². The molecule has 0 unspecified atom stereocenters. The molecule has 138 valence electrons. The summed E-state index contributed by atoms with van der Waals surface area (Å²) in [6.45, 7) is 2.24. The Labute approximate surface area is 148 Å². The fourth-order valence-corrected chi connectivity index (χ4v) is 5.46. The van der Waals surface area contributed by atoms with Gasteiger partial charge in [0.05, 0.1) is 4.90 Å². The number of carbonyl (C=O) groups excluding carboxylic acids is 1. The van der Waals surface area contributed by atoms with E-state index in [0.29, 0.717) is 31.5 Å². The first kappa shape index (κ1) is 18.3. The molecule has 3 rings (SSSR count). The Morgan fingerprint density at radius 2 is 1.80 bits per heavy atom. The Bertz CT molecular complexity index is 737. The van der Waals surface area contributed by atoms with Crippen LogP contribution < -0.4 is 5.32 Å². The number of hydrogen-bond donors (Lipinski definition) is 1. The van der Waals surface area contributed by atoms with Crippen LogP contribution >= 0.6 is 0 Å².